The minimum atomic E-state index is -4.61. The van der Waals surface area contributed by atoms with Crippen LogP contribution < -0.4 is 14.2 Å². The van der Waals surface area contributed by atoms with Gasteiger partial charge in [0, 0.05) is 12.8 Å². The molecule has 5 nitrogen and oxygen atoms in total. The quantitative estimate of drug-likeness (QED) is 0.251. The lowest BCUT2D eigenvalue weighted by Gasteiger charge is -2.19. The topological polar surface area (TPSA) is 65.0 Å². The first kappa shape index (κ1) is 27.8. The van der Waals surface area contributed by atoms with E-state index in [-0.39, 0.29) is 30.3 Å². The molecule has 0 aliphatic carbocycles. The third-order valence-corrected chi connectivity index (χ3v) is 5.62. The largest absolute Gasteiger partial charge is 0.493 e. The van der Waals surface area contributed by atoms with Crippen molar-refractivity contribution in [2.75, 3.05) is 6.61 Å². The third kappa shape index (κ3) is 8.13. The van der Waals surface area contributed by atoms with Crippen LogP contribution in [0.5, 0.6) is 23.0 Å². The Kier molecular flexibility index (Phi) is 9.38. The first-order valence-electron chi connectivity index (χ1n) is 11.8. The van der Waals surface area contributed by atoms with Gasteiger partial charge in [-0.2, -0.15) is 13.2 Å². The van der Waals surface area contributed by atoms with Gasteiger partial charge in [-0.05, 0) is 73.4 Å². The summed E-state index contributed by atoms with van der Waals surface area (Å²) in [6.07, 6.45) is -3.44. The van der Waals surface area contributed by atoms with Crippen LogP contribution in [0.1, 0.15) is 43.4 Å². The van der Waals surface area contributed by atoms with E-state index in [1.54, 1.807) is 13.0 Å². The molecule has 0 saturated heterocycles. The van der Waals surface area contributed by atoms with Crippen molar-refractivity contribution in [3.63, 3.8) is 0 Å². The number of ether oxygens (including phenoxy) is 3. The molecule has 1 N–H and O–H groups in total. The lowest BCUT2D eigenvalue weighted by Crippen LogP contribution is -2.16. The molecule has 0 spiro atoms. The summed E-state index contributed by atoms with van der Waals surface area (Å²) in [5.74, 6) is -1.38. The molecule has 0 unspecified atom stereocenters. The maximum atomic E-state index is 14.1. The molecule has 0 heterocycles. The van der Waals surface area contributed by atoms with Crippen LogP contribution in [0, 0.1) is 5.82 Å². The van der Waals surface area contributed by atoms with Crippen molar-refractivity contribution < 1.29 is 41.7 Å². The van der Waals surface area contributed by atoms with E-state index >= 15 is 0 Å². The van der Waals surface area contributed by atoms with Gasteiger partial charge >= 0.3 is 12.1 Å². The number of hydrogen-bond donors (Lipinski definition) is 1. The zero-order chi connectivity index (χ0) is 27.0. The average molecular weight is 521 g/mol. The summed E-state index contributed by atoms with van der Waals surface area (Å²) in [7, 11) is 0. The Bertz CT molecular complexity index is 1210. The number of aryl methyl sites for hydroxylation is 2. The van der Waals surface area contributed by atoms with Gasteiger partial charge in [-0.15, -0.1) is 0 Å². The van der Waals surface area contributed by atoms with Gasteiger partial charge in [0.15, 0.2) is 23.1 Å². The fourth-order valence-corrected chi connectivity index (χ4v) is 3.63. The van der Waals surface area contributed by atoms with Crippen molar-refractivity contribution in [1.29, 1.82) is 0 Å². The summed E-state index contributed by atoms with van der Waals surface area (Å²) in [6.45, 7) is 3.98. The number of halogens is 4. The van der Waals surface area contributed by atoms with Crippen molar-refractivity contribution in [3.8, 4) is 23.0 Å². The molecule has 3 rings (SSSR count). The Hall–Kier alpha value is -3.75. The molecule has 0 radical (unpaired) electrons. The van der Waals surface area contributed by atoms with Gasteiger partial charge in [-0.25, -0.2) is 4.39 Å². The third-order valence-electron chi connectivity index (χ3n) is 5.62. The molecule has 0 amide bonds. The second kappa shape index (κ2) is 12.5. The zero-order valence-corrected chi connectivity index (χ0v) is 20.5. The first-order chi connectivity index (χ1) is 17.6. The highest BCUT2D eigenvalue weighted by Crippen LogP contribution is 2.39. The van der Waals surface area contributed by atoms with Gasteiger partial charge < -0.3 is 19.3 Å². The highest BCUT2D eigenvalue weighted by atomic mass is 19.4. The highest BCUT2D eigenvalue weighted by Gasteiger charge is 2.32. The molecule has 37 heavy (non-hydrogen) atoms. The number of aliphatic carboxylic acids is 1. The zero-order valence-electron chi connectivity index (χ0n) is 20.5. The van der Waals surface area contributed by atoms with Crippen LogP contribution in [0.3, 0.4) is 0 Å². The van der Waals surface area contributed by atoms with E-state index in [2.05, 4.69) is 0 Å². The number of alkyl halides is 3. The number of carboxylic acid groups (broad SMARTS) is 1. The van der Waals surface area contributed by atoms with Crippen LogP contribution in [-0.4, -0.2) is 23.8 Å². The molecular weight excluding hydrogens is 492 g/mol. The summed E-state index contributed by atoms with van der Waals surface area (Å²) in [4.78, 5) is 10.9. The Labute approximate surface area is 212 Å². The number of para-hydroxylation sites is 1. The van der Waals surface area contributed by atoms with Crippen LogP contribution >= 0.6 is 0 Å². The molecule has 0 bridgehead atoms. The van der Waals surface area contributed by atoms with Crippen molar-refractivity contribution >= 4 is 5.97 Å². The second-order valence-corrected chi connectivity index (χ2v) is 8.44. The maximum absolute atomic E-state index is 14.1. The van der Waals surface area contributed by atoms with Crippen LogP contribution in [0.2, 0.25) is 0 Å². The Balaban J connectivity index is 1.65. The molecule has 1 atom stereocenters. The van der Waals surface area contributed by atoms with E-state index in [1.807, 2.05) is 19.1 Å². The standard InChI is InChI=1S/C28H28F4O5/c1-3-19-16-22(11-8-20(19)9-13-27(33)34)35-15-14-18(2)36-25-12-10-21(28(30,31)32)17-26(25)37-24-7-5-4-6-23(24)29/h4-8,10-12,16-18H,3,9,13-15H2,1-2H3,(H,33,34)/t18-/m0/s1. The van der Waals surface area contributed by atoms with Crippen molar-refractivity contribution in [2.24, 2.45) is 0 Å². The van der Waals surface area contributed by atoms with Crippen molar-refractivity contribution in [2.45, 2.75) is 51.8 Å². The molecule has 3 aromatic carbocycles. The van der Waals surface area contributed by atoms with Crippen LogP contribution in [-0.2, 0) is 23.8 Å². The fourth-order valence-electron chi connectivity index (χ4n) is 3.63. The molecule has 9 heteroatoms. The number of benzene rings is 3. The summed E-state index contributed by atoms with van der Waals surface area (Å²) < 4.78 is 70.9. The smallest absolute Gasteiger partial charge is 0.416 e. The van der Waals surface area contributed by atoms with Gasteiger partial charge in [0.25, 0.3) is 0 Å². The van der Waals surface area contributed by atoms with Gasteiger partial charge in [0.2, 0.25) is 0 Å². The van der Waals surface area contributed by atoms with Crippen LogP contribution in [0.15, 0.2) is 60.7 Å². The number of rotatable bonds is 12. The van der Waals surface area contributed by atoms with Crippen molar-refractivity contribution in [1.82, 2.24) is 0 Å². The van der Waals surface area contributed by atoms with E-state index in [1.165, 1.54) is 18.2 Å². The van der Waals surface area contributed by atoms with E-state index in [9.17, 15) is 22.4 Å². The van der Waals surface area contributed by atoms with E-state index in [0.717, 1.165) is 41.8 Å². The Morgan fingerprint density at radius 2 is 1.73 bits per heavy atom. The molecular formula is C28H28F4O5. The van der Waals surface area contributed by atoms with E-state index in [0.29, 0.717) is 18.6 Å². The number of carboxylic acids is 1. The molecule has 0 aliphatic heterocycles. The van der Waals surface area contributed by atoms with Crippen LogP contribution in [0.4, 0.5) is 17.6 Å². The highest BCUT2D eigenvalue weighted by molar-refractivity contribution is 5.67. The lowest BCUT2D eigenvalue weighted by molar-refractivity contribution is -0.138. The SMILES string of the molecule is CCc1cc(OCC[C@H](C)Oc2ccc(C(F)(F)F)cc2Oc2ccccc2F)ccc1CCC(=O)O. The van der Waals surface area contributed by atoms with E-state index < -0.39 is 29.6 Å². The average Bonchev–Trinajstić information content (AvgIpc) is 2.84. The summed E-state index contributed by atoms with van der Waals surface area (Å²) >= 11 is 0. The van der Waals surface area contributed by atoms with E-state index in [4.69, 9.17) is 19.3 Å². The van der Waals surface area contributed by atoms with Gasteiger partial charge in [0.05, 0.1) is 18.3 Å². The van der Waals surface area contributed by atoms with Gasteiger partial charge in [-0.1, -0.05) is 25.1 Å². The Morgan fingerprint density at radius 3 is 2.41 bits per heavy atom. The molecule has 0 aliphatic rings. The molecule has 0 fully saturated rings. The summed E-state index contributed by atoms with van der Waals surface area (Å²) in [5.41, 5.74) is 1.02. The Morgan fingerprint density at radius 1 is 0.973 bits per heavy atom. The fraction of sp³-hybridized carbons (Fsp3) is 0.321. The number of carbonyl (C=O) groups is 1. The minimum Gasteiger partial charge on any atom is -0.493 e. The lowest BCUT2D eigenvalue weighted by atomic mass is 10.0. The van der Waals surface area contributed by atoms with Gasteiger partial charge in [0.1, 0.15) is 5.75 Å². The van der Waals surface area contributed by atoms with Gasteiger partial charge in [-0.3, -0.25) is 4.79 Å². The monoisotopic (exact) mass is 520 g/mol. The summed E-state index contributed by atoms with van der Waals surface area (Å²) in [6, 6.07) is 13.7. The number of hydrogen-bond acceptors (Lipinski definition) is 4. The maximum Gasteiger partial charge on any atom is 0.416 e. The minimum absolute atomic E-state index is 0.0415. The molecule has 198 valence electrons. The summed E-state index contributed by atoms with van der Waals surface area (Å²) in [5, 5.41) is 8.91. The predicted molar refractivity (Wildman–Crippen MR) is 130 cm³/mol. The van der Waals surface area contributed by atoms with Crippen molar-refractivity contribution in [3.05, 3.63) is 83.2 Å². The second-order valence-electron chi connectivity index (χ2n) is 8.44. The molecule has 0 aromatic heterocycles. The normalized spacial score (nSPS) is 12.2. The first-order valence-corrected chi connectivity index (χ1v) is 11.8. The molecule has 3 aromatic rings. The van der Waals surface area contributed by atoms with Crippen LogP contribution in [0.25, 0.3) is 0 Å². The predicted octanol–water partition coefficient (Wildman–Crippen LogP) is 7.45. The molecule has 0 saturated carbocycles.